The minimum absolute atomic E-state index is 0.144. The number of nitrogens with one attached hydrogen (secondary N) is 1. The van der Waals surface area contributed by atoms with Crippen molar-refractivity contribution in [2.45, 2.75) is 19.2 Å². The van der Waals surface area contributed by atoms with Gasteiger partial charge in [-0.25, -0.2) is 4.79 Å². The molecule has 1 heterocycles. The molecule has 1 aliphatic heterocycles. The average molecular weight is 417 g/mol. The number of alkyl halides is 3. The first-order valence-electron chi connectivity index (χ1n) is 9.36. The van der Waals surface area contributed by atoms with Crippen molar-refractivity contribution >= 4 is 11.9 Å². The van der Waals surface area contributed by atoms with Crippen molar-refractivity contribution < 1.29 is 32.2 Å². The summed E-state index contributed by atoms with van der Waals surface area (Å²) in [6.07, 6.45) is -4.86. The fraction of sp³-hybridized carbons (Fsp3) is 0.579. The quantitative estimate of drug-likeness (QED) is 0.739. The maximum Gasteiger partial charge on any atom is 0.416 e. The largest absolute Gasteiger partial charge is 0.416 e. The number of hydrogen-bond acceptors (Lipinski definition) is 4. The van der Waals surface area contributed by atoms with Gasteiger partial charge in [0, 0.05) is 38.9 Å². The predicted molar refractivity (Wildman–Crippen MR) is 99.6 cm³/mol. The predicted octanol–water partition coefficient (Wildman–Crippen LogP) is 2.22. The normalized spacial score (nSPS) is 17.1. The molecule has 2 rings (SSSR count). The molecule has 0 bridgehead atoms. The Morgan fingerprint density at radius 1 is 1.31 bits per heavy atom. The lowest BCUT2D eigenvalue weighted by atomic mass is 10.1. The summed E-state index contributed by atoms with van der Waals surface area (Å²) in [7, 11) is 1.49. The Kier molecular flexibility index (Phi) is 8.27. The van der Waals surface area contributed by atoms with Crippen molar-refractivity contribution in [3.05, 3.63) is 35.4 Å². The molecular formula is C19H26F3N3O4. The Morgan fingerprint density at radius 3 is 2.59 bits per heavy atom. The summed E-state index contributed by atoms with van der Waals surface area (Å²) in [6, 6.07) is 3.89. The van der Waals surface area contributed by atoms with E-state index >= 15 is 0 Å². The standard InChI is InChI=1S/C19H26F3N3O4/c1-3-23-18(27)25-9-11-29-16(13-25)12-24(8-10-28-2)17(26)14-4-6-15(7-5-14)19(20,21)22/h4-7,16H,3,8-13H2,1-2H3,(H,23,27)/t16-/m1/s1. The first kappa shape index (κ1) is 23.0. The van der Waals surface area contributed by atoms with Crippen LogP contribution in [0, 0.1) is 0 Å². The van der Waals surface area contributed by atoms with Crippen molar-refractivity contribution in [2.75, 3.05) is 53.0 Å². The minimum Gasteiger partial charge on any atom is -0.383 e. The molecule has 1 atom stereocenters. The van der Waals surface area contributed by atoms with Gasteiger partial charge in [-0.05, 0) is 31.2 Å². The third kappa shape index (κ3) is 6.60. The van der Waals surface area contributed by atoms with E-state index in [1.54, 1.807) is 4.90 Å². The summed E-state index contributed by atoms with van der Waals surface area (Å²) in [5.74, 6) is -0.422. The van der Waals surface area contributed by atoms with Crippen molar-refractivity contribution in [3.63, 3.8) is 0 Å². The highest BCUT2D eigenvalue weighted by molar-refractivity contribution is 5.94. The van der Waals surface area contributed by atoms with Crippen LogP contribution in [0.5, 0.6) is 0 Å². The number of carbonyl (C=O) groups excluding carboxylic acids is 2. The fourth-order valence-corrected chi connectivity index (χ4v) is 2.98. The van der Waals surface area contributed by atoms with Crippen LogP contribution in [0.1, 0.15) is 22.8 Å². The maximum atomic E-state index is 12.8. The number of carbonyl (C=O) groups is 2. The zero-order chi connectivity index (χ0) is 21.4. The summed E-state index contributed by atoms with van der Waals surface area (Å²) >= 11 is 0. The second kappa shape index (κ2) is 10.4. The highest BCUT2D eigenvalue weighted by atomic mass is 19.4. The molecule has 1 aliphatic rings. The Balaban J connectivity index is 2.08. The number of hydrogen-bond donors (Lipinski definition) is 1. The zero-order valence-electron chi connectivity index (χ0n) is 16.5. The van der Waals surface area contributed by atoms with Crippen LogP contribution >= 0.6 is 0 Å². The second-order valence-electron chi connectivity index (χ2n) is 6.59. The number of methoxy groups -OCH3 is 1. The molecule has 0 spiro atoms. The first-order valence-corrected chi connectivity index (χ1v) is 9.36. The van der Waals surface area contributed by atoms with Crippen molar-refractivity contribution in [1.29, 1.82) is 0 Å². The molecule has 1 saturated heterocycles. The smallest absolute Gasteiger partial charge is 0.383 e. The molecule has 3 amide bonds. The number of halogens is 3. The molecule has 0 radical (unpaired) electrons. The van der Waals surface area contributed by atoms with Crippen LogP contribution in [0.3, 0.4) is 0 Å². The lowest BCUT2D eigenvalue weighted by molar-refractivity contribution is -0.137. The summed E-state index contributed by atoms with van der Waals surface area (Å²) in [5, 5.41) is 2.73. The molecule has 0 aliphatic carbocycles. The Labute approximate surface area is 167 Å². The number of amides is 3. The van der Waals surface area contributed by atoms with Gasteiger partial charge in [0.05, 0.1) is 31.4 Å². The number of ether oxygens (including phenoxy) is 2. The molecule has 10 heteroatoms. The number of rotatable bonds is 7. The third-order valence-electron chi connectivity index (χ3n) is 4.49. The molecule has 1 N–H and O–H groups in total. The molecule has 1 aromatic carbocycles. The maximum absolute atomic E-state index is 12.8. The van der Waals surface area contributed by atoms with Gasteiger partial charge in [0.25, 0.3) is 5.91 Å². The van der Waals surface area contributed by atoms with E-state index in [4.69, 9.17) is 9.47 Å². The second-order valence-corrected chi connectivity index (χ2v) is 6.59. The van der Waals surface area contributed by atoms with Gasteiger partial charge in [0.1, 0.15) is 0 Å². The van der Waals surface area contributed by atoms with E-state index < -0.39 is 23.8 Å². The van der Waals surface area contributed by atoms with Gasteiger partial charge in [-0.15, -0.1) is 0 Å². The van der Waals surface area contributed by atoms with Crippen LogP contribution in [0.15, 0.2) is 24.3 Å². The van der Waals surface area contributed by atoms with Crippen LogP contribution in [0.2, 0.25) is 0 Å². The molecule has 0 saturated carbocycles. The van der Waals surface area contributed by atoms with Crippen LogP contribution in [-0.4, -0.2) is 80.9 Å². The van der Waals surface area contributed by atoms with E-state index in [-0.39, 0.29) is 31.3 Å². The summed E-state index contributed by atoms with van der Waals surface area (Å²) < 4.78 is 49.0. The first-order chi connectivity index (χ1) is 13.8. The van der Waals surface area contributed by atoms with Gasteiger partial charge < -0.3 is 24.6 Å². The Bertz CT molecular complexity index is 682. The fourth-order valence-electron chi connectivity index (χ4n) is 2.98. The number of nitrogens with zero attached hydrogens (tertiary/aromatic N) is 2. The molecule has 1 fully saturated rings. The van der Waals surface area contributed by atoms with E-state index in [1.807, 2.05) is 6.92 Å². The Morgan fingerprint density at radius 2 is 2.00 bits per heavy atom. The Hall–Kier alpha value is -2.33. The molecule has 29 heavy (non-hydrogen) atoms. The number of urea groups is 1. The van der Waals surface area contributed by atoms with Crippen molar-refractivity contribution in [3.8, 4) is 0 Å². The van der Waals surface area contributed by atoms with E-state index in [0.717, 1.165) is 24.3 Å². The van der Waals surface area contributed by atoms with Gasteiger partial charge in [-0.1, -0.05) is 0 Å². The monoisotopic (exact) mass is 417 g/mol. The lowest BCUT2D eigenvalue weighted by Gasteiger charge is -2.35. The van der Waals surface area contributed by atoms with Gasteiger partial charge >= 0.3 is 12.2 Å². The van der Waals surface area contributed by atoms with Crippen molar-refractivity contribution in [2.24, 2.45) is 0 Å². The number of benzene rings is 1. The third-order valence-corrected chi connectivity index (χ3v) is 4.49. The molecule has 162 valence electrons. The van der Waals surface area contributed by atoms with E-state index in [9.17, 15) is 22.8 Å². The zero-order valence-corrected chi connectivity index (χ0v) is 16.5. The molecule has 0 unspecified atom stereocenters. The number of morpholine rings is 1. The van der Waals surface area contributed by atoms with Gasteiger partial charge in [0.2, 0.25) is 0 Å². The summed E-state index contributed by atoms with van der Waals surface area (Å²) in [4.78, 5) is 28.0. The van der Waals surface area contributed by atoms with E-state index in [1.165, 1.54) is 12.0 Å². The van der Waals surface area contributed by atoms with Gasteiger partial charge in [0.15, 0.2) is 0 Å². The summed E-state index contributed by atoms with van der Waals surface area (Å²) in [5.41, 5.74) is -0.670. The van der Waals surface area contributed by atoms with Gasteiger partial charge in [-0.2, -0.15) is 13.2 Å². The molecule has 1 aromatic rings. The van der Waals surface area contributed by atoms with Crippen LogP contribution in [0.4, 0.5) is 18.0 Å². The topological polar surface area (TPSA) is 71.1 Å². The van der Waals surface area contributed by atoms with E-state index in [0.29, 0.717) is 26.2 Å². The highest BCUT2D eigenvalue weighted by Crippen LogP contribution is 2.29. The SMILES string of the molecule is CCNC(=O)N1CCO[C@H](CN(CCOC)C(=O)c2ccc(C(F)(F)F)cc2)C1. The van der Waals surface area contributed by atoms with E-state index in [2.05, 4.69) is 5.32 Å². The summed E-state index contributed by atoms with van der Waals surface area (Å²) in [6.45, 7) is 4.14. The van der Waals surface area contributed by atoms with Gasteiger partial charge in [-0.3, -0.25) is 4.79 Å². The molecular weight excluding hydrogens is 391 g/mol. The minimum atomic E-state index is -4.46. The van der Waals surface area contributed by atoms with Crippen molar-refractivity contribution in [1.82, 2.24) is 15.1 Å². The van der Waals surface area contributed by atoms with Crippen LogP contribution in [-0.2, 0) is 15.7 Å². The van der Waals surface area contributed by atoms with Crippen LogP contribution < -0.4 is 5.32 Å². The average Bonchev–Trinajstić information content (AvgIpc) is 2.70. The highest BCUT2D eigenvalue weighted by Gasteiger charge is 2.31. The lowest BCUT2D eigenvalue weighted by Crippen LogP contribution is -2.53. The molecule has 7 nitrogen and oxygen atoms in total. The molecule has 0 aromatic heterocycles. The van der Waals surface area contributed by atoms with Crippen LogP contribution in [0.25, 0.3) is 0 Å².